The first-order chi connectivity index (χ1) is 10.5. The van der Waals surface area contributed by atoms with Crippen molar-refractivity contribution in [3.05, 3.63) is 58.1 Å². The Balaban J connectivity index is 2.13. The predicted octanol–water partition coefficient (Wildman–Crippen LogP) is 4.86. The molecule has 2 aromatic carbocycles. The van der Waals surface area contributed by atoms with Crippen molar-refractivity contribution in [2.45, 2.75) is 33.3 Å². The van der Waals surface area contributed by atoms with E-state index in [1.165, 1.54) is 0 Å². The summed E-state index contributed by atoms with van der Waals surface area (Å²) < 4.78 is 6.77. The van der Waals surface area contributed by atoms with Gasteiger partial charge in [-0.2, -0.15) is 0 Å². The van der Waals surface area contributed by atoms with Crippen LogP contribution in [0.2, 0.25) is 0 Å². The van der Waals surface area contributed by atoms with E-state index >= 15 is 0 Å². The first kappa shape index (κ1) is 16.6. The van der Waals surface area contributed by atoms with Crippen LogP contribution < -0.4 is 10.1 Å². The molecule has 0 fully saturated rings. The molecule has 0 heterocycles. The van der Waals surface area contributed by atoms with Gasteiger partial charge in [0.2, 0.25) is 0 Å². The summed E-state index contributed by atoms with van der Waals surface area (Å²) in [6.07, 6.45) is 0.0801. The van der Waals surface area contributed by atoms with E-state index in [1.807, 2.05) is 63.2 Å². The lowest BCUT2D eigenvalue weighted by Gasteiger charge is -2.19. The molecular formula is C18H20BrNO2. The summed E-state index contributed by atoms with van der Waals surface area (Å²) in [7, 11) is 0. The number of amides is 1. The lowest BCUT2D eigenvalue weighted by atomic mass is 10.1. The van der Waals surface area contributed by atoms with E-state index < -0.39 is 6.10 Å². The number of aryl methyl sites for hydroxylation is 1. The number of halogens is 1. The Bertz CT molecular complexity index is 670. The number of benzene rings is 2. The number of carbonyl (C=O) groups is 1. The van der Waals surface area contributed by atoms with Gasteiger partial charge in [0.15, 0.2) is 6.10 Å². The molecule has 2 aromatic rings. The Labute approximate surface area is 139 Å². The molecular weight excluding hydrogens is 342 g/mol. The second-order valence-corrected chi connectivity index (χ2v) is 6.04. The molecule has 0 aliphatic rings. The lowest BCUT2D eigenvalue weighted by molar-refractivity contribution is -0.122. The Morgan fingerprint density at radius 2 is 1.91 bits per heavy atom. The average Bonchev–Trinajstić information content (AvgIpc) is 2.51. The van der Waals surface area contributed by atoms with Crippen LogP contribution in [0.15, 0.2) is 46.9 Å². The molecule has 0 aliphatic heterocycles. The predicted molar refractivity (Wildman–Crippen MR) is 93.4 cm³/mol. The standard InChI is InChI=1S/C18H20BrNO2/c1-4-16(22-17-11-7-8-12(2)13(17)3)18(21)20-15-10-6-5-9-14(15)19/h5-11,16H,4H2,1-3H3,(H,20,21)/t16-/m1/s1. The third-order valence-electron chi connectivity index (χ3n) is 3.62. The van der Waals surface area contributed by atoms with Crippen molar-refractivity contribution in [1.29, 1.82) is 0 Å². The number of anilines is 1. The summed E-state index contributed by atoms with van der Waals surface area (Å²) in [6, 6.07) is 13.4. The molecule has 0 aliphatic carbocycles. The highest BCUT2D eigenvalue weighted by Crippen LogP contribution is 2.24. The van der Waals surface area contributed by atoms with Crippen molar-refractivity contribution in [2.75, 3.05) is 5.32 Å². The first-order valence-electron chi connectivity index (χ1n) is 7.31. The normalized spacial score (nSPS) is 11.8. The van der Waals surface area contributed by atoms with Gasteiger partial charge in [-0.25, -0.2) is 0 Å². The maximum atomic E-state index is 12.4. The molecule has 0 saturated carbocycles. The van der Waals surface area contributed by atoms with E-state index in [4.69, 9.17) is 4.74 Å². The van der Waals surface area contributed by atoms with Crippen LogP contribution in [0.4, 0.5) is 5.69 Å². The highest BCUT2D eigenvalue weighted by molar-refractivity contribution is 9.10. The van der Waals surface area contributed by atoms with Crippen molar-refractivity contribution in [3.8, 4) is 5.75 Å². The number of rotatable bonds is 5. The van der Waals surface area contributed by atoms with E-state index in [9.17, 15) is 4.79 Å². The van der Waals surface area contributed by atoms with E-state index in [2.05, 4.69) is 21.2 Å². The first-order valence-corrected chi connectivity index (χ1v) is 8.10. The van der Waals surface area contributed by atoms with Crippen LogP contribution in [0, 0.1) is 13.8 Å². The quantitative estimate of drug-likeness (QED) is 0.825. The third kappa shape index (κ3) is 3.89. The fourth-order valence-corrected chi connectivity index (χ4v) is 2.49. The zero-order chi connectivity index (χ0) is 16.1. The van der Waals surface area contributed by atoms with Gasteiger partial charge in [-0.05, 0) is 65.5 Å². The molecule has 0 radical (unpaired) electrons. The number of para-hydroxylation sites is 1. The molecule has 1 N–H and O–H groups in total. The number of hydrogen-bond donors (Lipinski definition) is 1. The van der Waals surface area contributed by atoms with Gasteiger partial charge in [0, 0.05) is 4.47 Å². The Kier molecular flexibility index (Phi) is 5.61. The van der Waals surface area contributed by atoms with Crippen molar-refractivity contribution < 1.29 is 9.53 Å². The van der Waals surface area contributed by atoms with Gasteiger partial charge in [0.25, 0.3) is 5.91 Å². The summed E-state index contributed by atoms with van der Waals surface area (Å²) in [6.45, 7) is 5.97. The summed E-state index contributed by atoms with van der Waals surface area (Å²) in [5.41, 5.74) is 2.96. The minimum atomic E-state index is -0.521. The molecule has 22 heavy (non-hydrogen) atoms. The Morgan fingerprint density at radius 3 is 2.59 bits per heavy atom. The van der Waals surface area contributed by atoms with E-state index in [1.54, 1.807) is 0 Å². The molecule has 1 atom stereocenters. The van der Waals surface area contributed by atoms with Crippen LogP contribution >= 0.6 is 15.9 Å². The second kappa shape index (κ2) is 7.45. The topological polar surface area (TPSA) is 38.3 Å². The van der Waals surface area contributed by atoms with Crippen LogP contribution in [-0.4, -0.2) is 12.0 Å². The van der Waals surface area contributed by atoms with Gasteiger partial charge in [0.05, 0.1) is 5.69 Å². The zero-order valence-electron chi connectivity index (χ0n) is 13.0. The monoisotopic (exact) mass is 361 g/mol. The summed E-state index contributed by atoms with van der Waals surface area (Å²) in [5.74, 6) is 0.615. The summed E-state index contributed by atoms with van der Waals surface area (Å²) in [4.78, 5) is 12.4. The van der Waals surface area contributed by atoms with E-state index in [0.29, 0.717) is 6.42 Å². The minimum Gasteiger partial charge on any atom is -0.480 e. The van der Waals surface area contributed by atoms with E-state index in [-0.39, 0.29) is 5.91 Å². The zero-order valence-corrected chi connectivity index (χ0v) is 14.6. The second-order valence-electron chi connectivity index (χ2n) is 5.18. The van der Waals surface area contributed by atoms with Crippen molar-refractivity contribution in [1.82, 2.24) is 0 Å². The number of nitrogens with one attached hydrogen (secondary N) is 1. The van der Waals surface area contributed by atoms with Gasteiger partial charge >= 0.3 is 0 Å². The van der Waals surface area contributed by atoms with Gasteiger partial charge in [-0.15, -0.1) is 0 Å². The van der Waals surface area contributed by atoms with Gasteiger partial charge in [-0.3, -0.25) is 4.79 Å². The van der Waals surface area contributed by atoms with Gasteiger partial charge < -0.3 is 10.1 Å². The molecule has 116 valence electrons. The molecule has 0 spiro atoms. The average molecular weight is 362 g/mol. The molecule has 3 nitrogen and oxygen atoms in total. The highest BCUT2D eigenvalue weighted by atomic mass is 79.9. The number of carbonyl (C=O) groups excluding carboxylic acids is 1. The fourth-order valence-electron chi connectivity index (χ4n) is 2.10. The number of hydrogen-bond acceptors (Lipinski definition) is 2. The molecule has 4 heteroatoms. The smallest absolute Gasteiger partial charge is 0.265 e. The summed E-state index contributed by atoms with van der Waals surface area (Å²) >= 11 is 3.43. The summed E-state index contributed by atoms with van der Waals surface area (Å²) in [5, 5.41) is 2.90. The van der Waals surface area contributed by atoms with Crippen LogP contribution in [0.1, 0.15) is 24.5 Å². The SMILES string of the molecule is CC[C@@H](Oc1cccc(C)c1C)C(=O)Nc1ccccc1Br. The van der Waals surface area contributed by atoms with Crippen molar-refractivity contribution in [2.24, 2.45) is 0 Å². The van der Waals surface area contributed by atoms with Crippen molar-refractivity contribution >= 4 is 27.5 Å². The third-order valence-corrected chi connectivity index (χ3v) is 4.31. The number of ether oxygens (including phenoxy) is 1. The van der Waals surface area contributed by atoms with Crippen LogP contribution in [0.3, 0.4) is 0 Å². The molecule has 0 aromatic heterocycles. The maximum Gasteiger partial charge on any atom is 0.265 e. The molecule has 2 rings (SSSR count). The molecule has 0 unspecified atom stereocenters. The fraction of sp³-hybridized carbons (Fsp3) is 0.278. The molecule has 0 bridgehead atoms. The Hall–Kier alpha value is -1.81. The van der Waals surface area contributed by atoms with Gasteiger partial charge in [0.1, 0.15) is 5.75 Å². The highest BCUT2D eigenvalue weighted by Gasteiger charge is 2.20. The lowest BCUT2D eigenvalue weighted by Crippen LogP contribution is -2.32. The maximum absolute atomic E-state index is 12.4. The Morgan fingerprint density at radius 1 is 1.18 bits per heavy atom. The van der Waals surface area contributed by atoms with E-state index in [0.717, 1.165) is 27.0 Å². The molecule has 1 amide bonds. The minimum absolute atomic E-state index is 0.143. The van der Waals surface area contributed by atoms with Crippen molar-refractivity contribution in [3.63, 3.8) is 0 Å². The van der Waals surface area contributed by atoms with Gasteiger partial charge in [-0.1, -0.05) is 31.2 Å². The van der Waals surface area contributed by atoms with Crippen LogP contribution in [-0.2, 0) is 4.79 Å². The molecule has 0 saturated heterocycles. The van der Waals surface area contributed by atoms with Crippen LogP contribution in [0.5, 0.6) is 5.75 Å². The van der Waals surface area contributed by atoms with Crippen LogP contribution in [0.25, 0.3) is 0 Å². The largest absolute Gasteiger partial charge is 0.480 e.